The van der Waals surface area contributed by atoms with Crippen molar-refractivity contribution in [2.24, 2.45) is 4.99 Å². The van der Waals surface area contributed by atoms with Gasteiger partial charge in [0.05, 0.1) is 5.69 Å². The zero-order valence-electron chi connectivity index (χ0n) is 14.0. The number of aliphatic imine (C=N–C) groups is 1. The van der Waals surface area contributed by atoms with Crippen molar-refractivity contribution in [3.8, 4) is 0 Å². The second-order valence-corrected chi connectivity index (χ2v) is 6.10. The summed E-state index contributed by atoms with van der Waals surface area (Å²) in [5.41, 5.74) is 3.47. The van der Waals surface area contributed by atoms with E-state index < -0.39 is 6.04 Å². The first-order valence-electron chi connectivity index (χ1n) is 8.43. The van der Waals surface area contributed by atoms with Crippen LogP contribution in [0.25, 0.3) is 0 Å². The SMILES string of the molecule is O=[N+]([O-])CC1c2ccccc2N=C(c2ccccc2)N1c1ccccc1. The van der Waals surface area contributed by atoms with Crippen LogP contribution in [0.1, 0.15) is 17.2 Å². The monoisotopic (exact) mass is 343 g/mol. The molecule has 0 amide bonds. The fourth-order valence-corrected chi connectivity index (χ4v) is 3.33. The Labute approximate surface area is 151 Å². The summed E-state index contributed by atoms with van der Waals surface area (Å²) >= 11 is 0. The van der Waals surface area contributed by atoms with Crippen LogP contribution in [-0.4, -0.2) is 17.3 Å². The third-order valence-electron chi connectivity index (χ3n) is 4.45. The van der Waals surface area contributed by atoms with Gasteiger partial charge in [0, 0.05) is 21.7 Å². The van der Waals surface area contributed by atoms with E-state index in [2.05, 4.69) is 0 Å². The lowest BCUT2D eigenvalue weighted by molar-refractivity contribution is -0.483. The molecule has 0 radical (unpaired) electrons. The number of amidine groups is 1. The van der Waals surface area contributed by atoms with Crippen molar-refractivity contribution in [2.45, 2.75) is 6.04 Å². The smallest absolute Gasteiger partial charge is 0.228 e. The molecule has 4 rings (SSSR count). The molecule has 5 heteroatoms. The summed E-state index contributed by atoms with van der Waals surface area (Å²) in [7, 11) is 0. The van der Waals surface area contributed by atoms with Gasteiger partial charge in [0.15, 0.2) is 0 Å². The number of nitro groups is 1. The fraction of sp³-hybridized carbons (Fsp3) is 0.0952. The summed E-state index contributed by atoms with van der Waals surface area (Å²) in [5, 5.41) is 11.4. The van der Waals surface area contributed by atoms with E-state index in [9.17, 15) is 10.1 Å². The van der Waals surface area contributed by atoms with Crippen LogP contribution in [0.2, 0.25) is 0 Å². The Morgan fingerprint density at radius 1 is 0.885 bits per heavy atom. The molecule has 1 aliphatic rings. The number of rotatable bonds is 4. The summed E-state index contributed by atoms with van der Waals surface area (Å²) in [4.78, 5) is 18.0. The molecule has 0 saturated heterocycles. The number of benzene rings is 3. The number of hydrogen-bond donors (Lipinski definition) is 0. The minimum absolute atomic E-state index is 0.197. The summed E-state index contributed by atoms with van der Waals surface area (Å²) < 4.78 is 0. The van der Waals surface area contributed by atoms with Gasteiger partial charge in [-0.25, -0.2) is 4.99 Å². The van der Waals surface area contributed by atoms with Crippen molar-refractivity contribution >= 4 is 17.2 Å². The minimum Gasteiger partial charge on any atom is -0.312 e. The molecule has 0 aromatic heterocycles. The van der Waals surface area contributed by atoms with E-state index in [0.29, 0.717) is 0 Å². The van der Waals surface area contributed by atoms with E-state index in [4.69, 9.17) is 4.99 Å². The Morgan fingerprint density at radius 3 is 2.19 bits per heavy atom. The van der Waals surface area contributed by atoms with Gasteiger partial charge in [-0.15, -0.1) is 0 Å². The lowest BCUT2D eigenvalue weighted by Gasteiger charge is -2.36. The second kappa shape index (κ2) is 6.80. The molecule has 128 valence electrons. The highest BCUT2D eigenvalue weighted by Gasteiger charge is 2.34. The topological polar surface area (TPSA) is 58.7 Å². The molecule has 1 unspecified atom stereocenters. The van der Waals surface area contributed by atoms with Crippen LogP contribution >= 0.6 is 0 Å². The lowest BCUT2D eigenvalue weighted by Crippen LogP contribution is -2.41. The van der Waals surface area contributed by atoms with Gasteiger partial charge < -0.3 is 4.90 Å². The molecule has 0 N–H and O–H groups in total. The molecule has 5 nitrogen and oxygen atoms in total. The second-order valence-electron chi connectivity index (χ2n) is 6.10. The van der Waals surface area contributed by atoms with Crippen LogP contribution in [0, 0.1) is 10.1 Å². The Kier molecular flexibility index (Phi) is 4.19. The zero-order chi connectivity index (χ0) is 17.9. The number of anilines is 1. The normalized spacial score (nSPS) is 15.9. The van der Waals surface area contributed by atoms with Crippen molar-refractivity contribution in [1.29, 1.82) is 0 Å². The molecule has 0 fully saturated rings. The average molecular weight is 343 g/mol. The number of hydrogen-bond acceptors (Lipinski definition) is 4. The molecular weight excluding hydrogens is 326 g/mol. The van der Waals surface area contributed by atoms with Crippen molar-refractivity contribution in [3.05, 3.63) is 106 Å². The van der Waals surface area contributed by atoms with Crippen LogP contribution in [0.5, 0.6) is 0 Å². The Bertz CT molecular complexity index is 955. The van der Waals surface area contributed by atoms with E-state index in [1.165, 1.54) is 0 Å². The van der Waals surface area contributed by atoms with Crippen LogP contribution in [0.3, 0.4) is 0 Å². The van der Waals surface area contributed by atoms with Crippen LogP contribution in [-0.2, 0) is 0 Å². The third kappa shape index (κ3) is 2.95. The molecule has 1 atom stereocenters. The number of fused-ring (bicyclic) bond motifs is 1. The zero-order valence-corrected chi connectivity index (χ0v) is 14.0. The van der Waals surface area contributed by atoms with Gasteiger partial charge in [-0.1, -0.05) is 66.7 Å². The van der Waals surface area contributed by atoms with Gasteiger partial charge in [0.2, 0.25) is 6.54 Å². The molecule has 26 heavy (non-hydrogen) atoms. The molecule has 0 spiro atoms. The van der Waals surface area contributed by atoms with E-state index in [1.807, 2.05) is 89.8 Å². The minimum atomic E-state index is -0.420. The molecular formula is C21H17N3O2. The lowest BCUT2D eigenvalue weighted by atomic mass is 9.98. The maximum atomic E-state index is 11.4. The maximum absolute atomic E-state index is 11.4. The molecule has 0 aliphatic carbocycles. The van der Waals surface area contributed by atoms with Gasteiger partial charge in [0.25, 0.3) is 0 Å². The highest BCUT2D eigenvalue weighted by Crippen LogP contribution is 2.39. The predicted octanol–water partition coefficient (Wildman–Crippen LogP) is 4.60. The first-order valence-corrected chi connectivity index (χ1v) is 8.43. The van der Waals surface area contributed by atoms with Gasteiger partial charge in [-0.2, -0.15) is 0 Å². The quantitative estimate of drug-likeness (QED) is 0.514. The summed E-state index contributed by atoms with van der Waals surface area (Å²) in [6.07, 6.45) is 0. The van der Waals surface area contributed by atoms with Crippen LogP contribution in [0.15, 0.2) is 89.9 Å². The first-order chi connectivity index (χ1) is 12.7. The van der Waals surface area contributed by atoms with E-state index in [-0.39, 0.29) is 11.5 Å². The standard InChI is InChI=1S/C21H17N3O2/c25-23(26)15-20-18-13-7-8-14-19(18)22-21(16-9-3-1-4-10-16)24(20)17-11-5-2-6-12-17/h1-14,20H,15H2. The predicted molar refractivity (Wildman–Crippen MR) is 103 cm³/mol. The van der Waals surface area contributed by atoms with E-state index in [0.717, 1.165) is 28.3 Å². The van der Waals surface area contributed by atoms with E-state index in [1.54, 1.807) is 0 Å². The van der Waals surface area contributed by atoms with E-state index >= 15 is 0 Å². The van der Waals surface area contributed by atoms with Crippen LogP contribution in [0.4, 0.5) is 11.4 Å². The summed E-state index contributed by atoms with van der Waals surface area (Å²) in [6, 6.07) is 26.7. The van der Waals surface area contributed by atoms with Crippen LogP contribution < -0.4 is 4.90 Å². The van der Waals surface area contributed by atoms with Crippen molar-refractivity contribution < 1.29 is 4.92 Å². The summed E-state index contributed by atoms with van der Waals surface area (Å²) in [5.74, 6) is 0.724. The van der Waals surface area contributed by atoms with Crippen molar-refractivity contribution in [1.82, 2.24) is 0 Å². The maximum Gasteiger partial charge on any atom is 0.228 e. The average Bonchev–Trinajstić information content (AvgIpc) is 2.68. The largest absolute Gasteiger partial charge is 0.312 e. The van der Waals surface area contributed by atoms with Gasteiger partial charge in [-0.05, 0) is 18.2 Å². The summed E-state index contributed by atoms with van der Waals surface area (Å²) in [6.45, 7) is -0.197. The Morgan fingerprint density at radius 2 is 1.50 bits per heavy atom. The first kappa shape index (κ1) is 16.0. The Balaban J connectivity index is 1.94. The highest BCUT2D eigenvalue weighted by atomic mass is 16.6. The van der Waals surface area contributed by atoms with Gasteiger partial charge >= 0.3 is 0 Å². The van der Waals surface area contributed by atoms with Crippen molar-refractivity contribution in [2.75, 3.05) is 11.4 Å². The molecule has 3 aromatic carbocycles. The van der Waals surface area contributed by atoms with Gasteiger partial charge in [0.1, 0.15) is 11.9 Å². The van der Waals surface area contributed by atoms with Crippen molar-refractivity contribution in [3.63, 3.8) is 0 Å². The Hall–Kier alpha value is -3.47. The molecule has 1 aliphatic heterocycles. The highest BCUT2D eigenvalue weighted by molar-refractivity contribution is 6.12. The molecule has 1 heterocycles. The number of para-hydroxylation sites is 2. The molecule has 0 bridgehead atoms. The number of nitrogens with zero attached hydrogens (tertiary/aromatic N) is 3. The molecule has 0 saturated carbocycles. The van der Waals surface area contributed by atoms with Gasteiger partial charge in [-0.3, -0.25) is 10.1 Å². The molecule has 3 aromatic rings. The third-order valence-corrected chi connectivity index (χ3v) is 4.45. The fourth-order valence-electron chi connectivity index (χ4n) is 3.33.